The normalized spacial score (nSPS) is 18.0. The second-order valence-electron chi connectivity index (χ2n) is 5.03. The minimum Gasteiger partial charge on any atom is -0.497 e. The molecule has 3 rings (SSSR count). The molecule has 2 heterocycles. The molecule has 1 amide bonds. The Hall–Kier alpha value is -2.44. The summed E-state index contributed by atoms with van der Waals surface area (Å²) in [5.74, 6) is 0.865. The van der Waals surface area contributed by atoms with Gasteiger partial charge in [0.1, 0.15) is 18.6 Å². The molecule has 1 aliphatic heterocycles. The Morgan fingerprint density at radius 3 is 2.86 bits per heavy atom. The monoisotopic (exact) mass is 287 g/mol. The molecular weight excluding hydrogens is 270 g/mol. The Labute approximate surface area is 122 Å². The first kappa shape index (κ1) is 13.5. The molecule has 21 heavy (non-hydrogen) atoms. The van der Waals surface area contributed by atoms with Crippen molar-refractivity contribution in [2.24, 2.45) is 0 Å². The molecule has 1 aromatic carbocycles. The van der Waals surface area contributed by atoms with Crippen LogP contribution in [0.2, 0.25) is 0 Å². The molecule has 1 atom stereocenters. The standard InChI is InChI=1S/C14H17N5O2/c1-21-12-6-4-11(5-7-12)13-3-2-8-19(13)14(20)9-18-10-15-16-17-18/h4-7,10,13H,2-3,8-9H2,1H3. The number of hydrogen-bond donors (Lipinski definition) is 0. The van der Waals surface area contributed by atoms with E-state index in [2.05, 4.69) is 15.5 Å². The second-order valence-corrected chi connectivity index (χ2v) is 5.03. The molecular formula is C14H17N5O2. The van der Waals surface area contributed by atoms with E-state index in [1.54, 1.807) is 7.11 Å². The van der Waals surface area contributed by atoms with Crippen LogP contribution in [-0.2, 0) is 11.3 Å². The highest BCUT2D eigenvalue weighted by molar-refractivity contribution is 5.76. The first-order chi connectivity index (χ1) is 10.3. The van der Waals surface area contributed by atoms with E-state index in [0.717, 1.165) is 30.7 Å². The molecule has 1 unspecified atom stereocenters. The molecule has 0 radical (unpaired) electrons. The van der Waals surface area contributed by atoms with Gasteiger partial charge in [-0.25, -0.2) is 4.68 Å². The summed E-state index contributed by atoms with van der Waals surface area (Å²) in [6.45, 7) is 0.956. The van der Waals surface area contributed by atoms with Crippen LogP contribution >= 0.6 is 0 Å². The number of methoxy groups -OCH3 is 1. The zero-order valence-electron chi connectivity index (χ0n) is 11.8. The van der Waals surface area contributed by atoms with Crippen molar-refractivity contribution in [1.29, 1.82) is 0 Å². The zero-order chi connectivity index (χ0) is 14.7. The van der Waals surface area contributed by atoms with Crippen LogP contribution in [0.15, 0.2) is 30.6 Å². The second kappa shape index (κ2) is 5.90. The van der Waals surface area contributed by atoms with Crippen LogP contribution in [0.25, 0.3) is 0 Å². The topological polar surface area (TPSA) is 73.1 Å². The largest absolute Gasteiger partial charge is 0.497 e. The number of ether oxygens (including phenoxy) is 1. The molecule has 1 aliphatic rings. The van der Waals surface area contributed by atoms with Crippen molar-refractivity contribution in [3.05, 3.63) is 36.2 Å². The third kappa shape index (κ3) is 2.86. The van der Waals surface area contributed by atoms with Crippen LogP contribution in [0, 0.1) is 0 Å². The van der Waals surface area contributed by atoms with E-state index >= 15 is 0 Å². The number of benzene rings is 1. The van der Waals surface area contributed by atoms with Gasteiger partial charge in [0, 0.05) is 6.54 Å². The lowest BCUT2D eigenvalue weighted by Crippen LogP contribution is -2.33. The Balaban J connectivity index is 1.73. The third-order valence-electron chi connectivity index (χ3n) is 3.76. The van der Waals surface area contributed by atoms with Gasteiger partial charge in [0.25, 0.3) is 0 Å². The van der Waals surface area contributed by atoms with Crippen molar-refractivity contribution >= 4 is 5.91 Å². The van der Waals surface area contributed by atoms with E-state index in [-0.39, 0.29) is 18.5 Å². The van der Waals surface area contributed by atoms with E-state index in [1.807, 2.05) is 29.2 Å². The number of amides is 1. The number of hydrogen-bond acceptors (Lipinski definition) is 5. The van der Waals surface area contributed by atoms with Gasteiger partial charge in [-0.3, -0.25) is 4.79 Å². The lowest BCUT2D eigenvalue weighted by Gasteiger charge is -2.25. The predicted molar refractivity (Wildman–Crippen MR) is 74.5 cm³/mol. The van der Waals surface area contributed by atoms with E-state index in [0.29, 0.717) is 0 Å². The average molecular weight is 287 g/mol. The van der Waals surface area contributed by atoms with Crippen LogP contribution in [-0.4, -0.2) is 44.7 Å². The lowest BCUT2D eigenvalue weighted by molar-refractivity contribution is -0.133. The maximum Gasteiger partial charge on any atom is 0.244 e. The molecule has 1 aromatic heterocycles. The van der Waals surface area contributed by atoms with Crippen LogP contribution in [0.4, 0.5) is 0 Å². The predicted octanol–water partition coefficient (Wildman–Crippen LogP) is 1.05. The summed E-state index contributed by atoms with van der Waals surface area (Å²) < 4.78 is 6.62. The fourth-order valence-electron chi connectivity index (χ4n) is 2.72. The quantitative estimate of drug-likeness (QED) is 0.840. The van der Waals surface area contributed by atoms with Gasteiger partial charge in [0.2, 0.25) is 5.91 Å². The highest BCUT2D eigenvalue weighted by atomic mass is 16.5. The Morgan fingerprint density at radius 2 is 2.19 bits per heavy atom. The van der Waals surface area contributed by atoms with Crippen molar-refractivity contribution in [3.63, 3.8) is 0 Å². The molecule has 0 N–H and O–H groups in total. The van der Waals surface area contributed by atoms with E-state index < -0.39 is 0 Å². The molecule has 7 nitrogen and oxygen atoms in total. The number of carbonyl (C=O) groups is 1. The van der Waals surface area contributed by atoms with Gasteiger partial charge >= 0.3 is 0 Å². The highest BCUT2D eigenvalue weighted by Gasteiger charge is 2.30. The van der Waals surface area contributed by atoms with Crippen LogP contribution in [0.1, 0.15) is 24.4 Å². The fourth-order valence-corrected chi connectivity index (χ4v) is 2.72. The average Bonchev–Trinajstić information content (AvgIpc) is 3.18. The molecule has 1 fully saturated rings. The van der Waals surface area contributed by atoms with Gasteiger partial charge in [-0.15, -0.1) is 5.10 Å². The van der Waals surface area contributed by atoms with Gasteiger partial charge in [0.05, 0.1) is 13.2 Å². The molecule has 7 heteroatoms. The Kier molecular flexibility index (Phi) is 3.81. The summed E-state index contributed by atoms with van der Waals surface area (Å²) >= 11 is 0. The van der Waals surface area contributed by atoms with E-state index in [4.69, 9.17) is 4.74 Å². The number of rotatable bonds is 4. The van der Waals surface area contributed by atoms with Crippen LogP contribution in [0.3, 0.4) is 0 Å². The van der Waals surface area contributed by atoms with Gasteiger partial charge in [0.15, 0.2) is 0 Å². The number of tetrazole rings is 1. The van der Waals surface area contributed by atoms with Crippen molar-refractivity contribution in [2.45, 2.75) is 25.4 Å². The molecule has 0 saturated carbocycles. The first-order valence-corrected chi connectivity index (χ1v) is 6.92. The van der Waals surface area contributed by atoms with Gasteiger partial charge < -0.3 is 9.64 Å². The zero-order valence-corrected chi connectivity index (χ0v) is 11.8. The Bertz CT molecular complexity index is 596. The van der Waals surface area contributed by atoms with Crippen molar-refractivity contribution in [3.8, 4) is 5.75 Å². The summed E-state index contributed by atoms with van der Waals surface area (Å²) in [5.41, 5.74) is 1.14. The van der Waals surface area contributed by atoms with Gasteiger partial charge in [-0.1, -0.05) is 12.1 Å². The van der Waals surface area contributed by atoms with Crippen molar-refractivity contribution < 1.29 is 9.53 Å². The molecule has 0 bridgehead atoms. The maximum atomic E-state index is 12.4. The summed E-state index contributed by atoms with van der Waals surface area (Å²) in [6, 6.07) is 8.02. The minimum absolute atomic E-state index is 0.0422. The fraction of sp³-hybridized carbons (Fsp3) is 0.429. The summed E-state index contributed by atoms with van der Waals surface area (Å²) in [6.07, 6.45) is 3.45. The van der Waals surface area contributed by atoms with Gasteiger partial charge in [-0.2, -0.15) is 0 Å². The molecule has 110 valence electrons. The summed E-state index contributed by atoms with van der Waals surface area (Å²) in [7, 11) is 1.65. The number of carbonyl (C=O) groups excluding carboxylic acids is 1. The number of aromatic nitrogens is 4. The third-order valence-corrected chi connectivity index (χ3v) is 3.76. The lowest BCUT2D eigenvalue weighted by atomic mass is 10.0. The van der Waals surface area contributed by atoms with Crippen molar-refractivity contribution in [2.75, 3.05) is 13.7 Å². The van der Waals surface area contributed by atoms with Crippen LogP contribution < -0.4 is 4.74 Å². The molecule has 0 spiro atoms. The molecule has 1 saturated heterocycles. The summed E-state index contributed by atoms with van der Waals surface area (Å²) in [5, 5.41) is 10.8. The number of nitrogens with zero attached hydrogens (tertiary/aromatic N) is 5. The Morgan fingerprint density at radius 1 is 1.38 bits per heavy atom. The van der Waals surface area contributed by atoms with E-state index in [9.17, 15) is 4.79 Å². The first-order valence-electron chi connectivity index (χ1n) is 6.92. The summed E-state index contributed by atoms with van der Waals surface area (Å²) in [4.78, 5) is 14.3. The molecule has 0 aliphatic carbocycles. The SMILES string of the molecule is COc1ccc(C2CCCN2C(=O)Cn2cnnn2)cc1. The maximum absolute atomic E-state index is 12.4. The van der Waals surface area contributed by atoms with Crippen molar-refractivity contribution in [1.82, 2.24) is 25.1 Å². The number of likely N-dealkylation sites (tertiary alicyclic amines) is 1. The van der Waals surface area contributed by atoms with Crippen LogP contribution in [0.5, 0.6) is 5.75 Å². The van der Waals surface area contributed by atoms with E-state index in [1.165, 1.54) is 11.0 Å². The smallest absolute Gasteiger partial charge is 0.244 e. The molecule has 2 aromatic rings. The van der Waals surface area contributed by atoms with Gasteiger partial charge in [-0.05, 0) is 41.0 Å². The highest BCUT2D eigenvalue weighted by Crippen LogP contribution is 2.32. The minimum atomic E-state index is 0.0422.